The predicted molar refractivity (Wildman–Crippen MR) is 120 cm³/mol. The van der Waals surface area contributed by atoms with Crippen molar-refractivity contribution in [1.29, 1.82) is 0 Å². The Morgan fingerprint density at radius 2 is 1.24 bits per heavy atom. The van der Waals surface area contributed by atoms with E-state index in [-0.39, 0.29) is 0 Å². The van der Waals surface area contributed by atoms with Gasteiger partial charge in [-0.1, -0.05) is 86.0 Å². The second-order valence-corrected chi connectivity index (χ2v) is 19.5. The number of rotatable bonds is 5. The maximum Gasteiger partial charge on any atom is 0.0682 e. The van der Waals surface area contributed by atoms with E-state index in [0.717, 1.165) is 16.3 Å². The zero-order chi connectivity index (χ0) is 18.7. The molecule has 25 heavy (non-hydrogen) atoms. The molecule has 0 radical (unpaired) electrons. The predicted octanol–water partition coefficient (Wildman–Crippen LogP) is 7.23. The van der Waals surface area contributed by atoms with Gasteiger partial charge < -0.3 is 0 Å². The van der Waals surface area contributed by atoms with Gasteiger partial charge in [-0.2, -0.15) is 0 Å². The van der Waals surface area contributed by atoms with Gasteiger partial charge in [0, 0.05) is 11.2 Å². The molecule has 0 saturated heterocycles. The monoisotopic (exact) mass is 385 g/mol. The van der Waals surface area contributed by atoms with Gasteiger partial charge in [-0.15, -0.1) is 0 Å². The minimum absolute atomic E-state index is 0.732. The van der Waals surface area contributed by atoms with E-state index in [1.54, 1.807) is 4.82 Å². The molecule has 2 rings (SSSR count). The molecular weight excluding hydrogens is 358 g/mol. The van der Waals surface area contributed by atoms with Gasteiger partial charge in [0.2, 0.25) is 0 Å². The van der Waals surface area contributed by atoms with Crippen molar-refractivity contribution in [2.24, 2.45) is 4.99 Å². The topological polar surface area (TPSA) is 12.4 Å². The molecule has 2 aromatic carbocycles. The van der Waals surface area contributed by atoms with E-state index < -0.39 is 16.1 Å². The summed E-state index contributed by atoms with van der Waals surface area (Å²) in [6.45, 7) is 14.7. The molecule has 0 spiro atoms. The summed E-state index contributed by atoms with van der Waals surface area (Å²) in [6.07, 6.45) is 4.34. The number of hydrogen-bond acceptors (Lipinski definition) is 1. The first-order valence-corrected chi connectivity index (χ1v) is 16.1. The van der Waals surface area contributed by atoms with Gasteiger partial charge in [0.1, 0.15) is 0 Å². The molecule has 0 unspecified atom stereocenters. The van der Waals surface area contributed by atoms with Crippen LogP contribution in [0.3, 0.4) is 0 Å². The quantitative estimate of drug-likeness (QED) is 0.380. The fraction of sp³-hybridized carbons (Fsp3) is 0.286. The highest BCUT2D eigenvalue weighted by molar-refractivity contribution is 7.05. The van der Waals surface area contributed by atoms with E-state index in [2.05, 4.69) is 74.6 Å². The molecule has 0 amide bonds. The minimum atomic E-state index is -1.30. The lowest BCUT2D eigenvalue weighted by Gasteiger charge is -2.31. The molecule has 0 aliphatic rings. The van der Waals surface area contributed by atoms with Gasteiger partial charge in [-0.3, -0.25) is 4.99 Å². The second kappa shape index (κ2) is 7.85. The van der Waals surface area contributed by atoms with Gasteiger partial charge in [0.25, 0.3) is 0 Å². The smallest absolute Gasteiger partial charge is 0.0682 e. The van der Waals surface area contributed by atoms with E-state index in [4.69, 9.17) is 11.6 Å². The molecule has 2 aromatic rings. The van der Waals surface area contributed by atoms with E-state index in [9.17, 15) is 0 Å². The van der Waals surface area contributed by atoms with Crippen molar-refractivity contribution in [3.8, 4) is 0 Å². The maximum atomic E-state index is 5.90. The fourth-order valence-electron chi connectivity index (χ4n) is 3.08. The number of hydrogen-bond donors (Lipinski definition) is 0. The molecule has 0 saturated carbocycles. The van der Waals surface area contributed by atoms with E-state index >= 15 is 0 Å². The Labute approximate surface area is 159 Å². The van der Waals surface area contributed by atoms with Crippen LogP contribution in [0, 0.1) is 0 Å². The number of halogens is 1. The summed E-state index contributed by atoms with van der Waals surface area (Å²) in [6, 6.07) is 16.2. The molecule has 0 aliphatic heterocycles. The van der Waals surface area contributed by atoms with Crippen LogP contribution in [-0.2, 0) is 0 Å². The lowest BCUT2D eigenvalue weighted by atomic mass is 10.1. The average Bonchev–Trinajstić information content (AvgIpc) is 2.51. The van der Waals surface area contributed by atoms with Crippen LogP contribution in [0.2, 0.25) is 44.3 Å². The third-order valence-electron chi connectivity index (χ3n) is 4.05. The Bertz CT molecular complexity index is 746. The maximum absolute atomic E-state index is 5.90. The van der Waals surface area contributed by atoms with E-state index in [1.807, 2.05) is 30.5 Å². The van der Waals surface area contributed by atoms with E-state index in [1.165, 1.54) is 5.56 Å². The lowest BCUT2D eigenvalue weighted by Crippen LogP contribution is -2.39. The van der Waals surface area contributed by atoms with E-state index in [0.29, 0.717) is 0 Å². The van der Waals surface area contributed by atoms with Crippen molar-refractivity contribution in [3.05, 3.63) is 69.5 Å². The Morgan fingerprint density at radius 3 is 1.72 bits per heavy atom. The Morgan fingerprint density at radius 1 is 0.760 bits per heavy atom. The van der Waals surface area contributed by atoms with Crippen LogP contribution in [0.4, 0.5) is 5.69 Å². The molecule has 0 atom stereocenters. The highest BCUT2D eigenvalue weighted by atomic mass is 35.5. The van der Waals surface area contributed by atoms with Crippen LogP contribution in [0.1, 0.15) is 11.1 Å². The zero-order valence-electron chi connectivity index (χ0n) is 16.1. The van der Waals surface area contributed by atoms with Gasteiger partial charge in [-0.25, -0.2) is 0 Å². The van der Waals surface area contributed by atoms with Gasteiger partial charge in [0.15, 0.2) is 0 Å². The molecule has 0 heterocycles. The highest BCUT2D eigenvalue weighted by Crippen LogP contribution is 2.27. The van der Waals surface area contributed by atoms with Gasteiger partial charge in [0.05, 0.1) is 21.8 Å². The molecule has 0 fully saturated rings. The van der Waals surface area contributed by atoms with Gasteiger partial charge >= 0.3 is 0 Å². The third kappa shape index (κ3) is 6.10. The summed E-state index contributed by atoms with van der Waals surface area (Å²) in [7, 11) is -2.59. The summed E-state index contributed by atoms with van der Waals surface area (Å²) in [5.41, 5.74) is 3.31. The normalized spacial score (nSPS) is 12.4. The summed E-state index contributed by atoms with van der Waals surface area (Å²) < 4.78 is 0. The summed E-state index contributed by atoms with van der Waals surface area (Å²) in [4.78, 5) is 6.23. The molecule has 0 aliphatic carbocycles. The average molecular weight is 386 g/mol. The van der Waals surface area contributed by atoms with Crippen molar-refractivity contribution in [2.45, 2.75) is 39.3 Å². The van der Waals surface area contributed by atoms with Gasteiger partial charge in [-0.05, 0) is 35.4 Å². The first-order valence-electron chi connectivity index (χ1n) is 8.68. The number of benzene rings is 2. The Kier molecular flexibility index (Phi) is 6.25. The van der Waals surface area contributed by atoms with Crippen LogP contribution in [-0.4, -0.2) is 22.4 Å². The molecule has 0 aromatic heterocycles. The van der Waals surface area contributed by atoms with Crippen LogP contribution < -0.4 is 0 Å². The Hall–Kier alpha value is -1.43. The second-order valence-electron chi connectivity index (χ2n) is 8.46. The van der Waals surface area contributed by atoms with Crippen molar-refractivity contribution in [2.75, 3.05) is 0 Å². The summed E-state index contributed by atoms with van der Waals surface area (Å²) in [5, 5.41) is 0.732. The molecular formula is C21H28ClNSi2. The largest absolute Gasteiger partial charge is 0.256 e. The third-order valence-corrected chi connectivity index (χ3v) is 12.3. The minimum Gasteiger partial charge on any atom is -0.256 e. The summed E-state index contributed by atoms with van der Waals surface area (Å²) in [5.74, 6) is 0. The summed E-state index contributed by atoms with van der Waals surface area (Å²) >= 11 is 5.90. The van der Waals surface area contributed by atoms with Crippen molar-refractivity contribution < 1.29 is 0 Å². The first-order chi connectivity index (χ1) is 11.6. The van der Waals surface area contributed by atoms with Crippen LogP contribution >= 0.6 is 11.6 Å². The SMILES string of the molecule is C[Si](C)(C)C(=Cc1ccc(C=Nc2ccc(Cl)cc2)cc1)[Si](C)(C)C. The zero-order valence-corrected chi connectivity index (χ0v) is 18.9. The van der Waals surface area contributed by atoms with Crippen LogP contribution in [0.15, 0.2) is 58.3 Å². The molecule has 1 nitrogen and oxygen atoms in total. The van der Waals surface area contributed by atoms with Crippen LogP contribution in [0.25, 0.3) is 6.08 Å². The number of nitrogens with zero attached hydrogens (tertiary/aromatic N) is 1. The molecule has 0 N–H and O–H groups in total. The Balaban J connectivity index is 2.21. The van der Waals surface area contributed by atoms with Crippen molar-refractivity contribution in [3.63, 3.8) is 0 Å². The molecule has 0 bridgehead atoms. The highest BCUT2D eigenvalue weighted by Gasteiger charge is 2.30. The first kappa shape index (κ1) is 19.9. The lowest BCUT2D eigenvalue weighted by molar-refractivity contribution is 1.52. The standard InChI is InChI=1S/C21H28ClNSi2/c1-24(2,3)21(25(4,5)6)15-17-7-9-18(10-8-17)16-23-20-13-11-19(22)12-14-20/h7-16H,1-6H3. The molecule has 4 heteroatoms. The van der Waals surface area contributed by atoms with Crippen molar-refractivity contribution in [1.82, 2.24) is 0 Å². The van der Waals surface area contributed by atoms with Crippen LogP contribution in [0.5, 0.6) is 0 Å². The fourth-order valence-corrected chi connectivity index (χ4v) is 13.4. The van der Waals surface area contributed by atoms with Crippen molar-refractivity contribution >= 4 is 45.7 Å². The molecule has 132 valence electrons. The number of aliphatic imine (C=N–C) groups is 1.